The minimum absolute atomic E-state index is 0.0339. The molecular weight excluding hydrogens is 414 g/mol. The molecule has 1 aliphatic heterocycles. The van der Waals surface area contributed by atoms with E-state index in [1.807, 2.05) is 18.2 Å². The Morgan fingerprint density at radius 2 is 1.59 bits per heavy atom. The van der Waals surface area contributed by atoms with Crippen LogP contribution in [0.2, 0.25) is 0 Å². The average Bonchev–Trinajstić information content (AvgIpc) is 3.25. The molecule has 162 valence electrons. The van der Waals surface area contributed by atoms with Crippen LogP contribution in [0.15, 0.2) is 66.7 Å². The van der Waals surface area contributed by atoms with Gasteiger partial charge in [0.05, 0.1) is 5.69 Å². The van der Waals surface area contributed by atoms with Crippen LogP contribution in [0.5, 0.6) is 23.0 Å². The van der Waals surface area contributed by atoms with Crippen molar-refractivity contribution >= 4 is 23.3 Å². The molecule has 8 nitrogen and oxygen atoms in total. The van der Waals surface area contributed by atoms with Crippen molar-refractivity contribution in [1.82, 2.24) is 0 Å². The molecular formula is C24H19NO7. The highest BCUT2D eigenvalue weighted by molar-refractivity contribution is 6.05. The van der Waals surface area contributed by atoms with Gasteiger partial charge in [0.25, 0.3) is 5.91 Å². The van der Waals surface area contributed by atoms with E-state index in [1.54, 1.807) is 36.4 Å². The number of rotatable bonds is 7. The number of ketones is 1. The summed E-state index contributed by atoms with van der Waals surface area (Å²) >= 11 is 0. The van der Waals surface area contributed by atoms with Gasteiger partial charge in [-0.3, -0.25) is 9.59 Å². The molecule has 0 bridgehead atoms. The van der Waals surface area contributed by atoms with Crippen LogP contribution in [0.1, 0.15) is 27.6 Å². The van der Waals surface area contributed by atoms with Crippen LogP contribution in [-0.4, -0.2) is 31.1 Å². The van der Waals surface area contributed by atoms with Crippen LogP contribution in [0.4, 0.5) is 5.69 Å². The van der Waals surface area contributed by atoms with Crippen LogP contribution >= 0.6 is 0 Å². The highest BCUT2D eigenvalue weighted by atomic mass is 16.7. The lowest BCUT2D eigenvalue weighted by molar-refractivity contribution is -0.119. The number of nitrogens with one attached hydrogen (secondary N) is 1. The molecule has 4 rings (SSSR count). The van der Waals surface area contributed by atoms with Gasteiger partial charge in [0.2, 0.25) is 6.79 Å². The molecule has 1 aliphatic rings. The number of benzene rings is 3. The smallest absolute Gasteiger partial charge is 0.342 e. The first-order valence-electron chi connectivity index (χ1n) is 9.75. The molecule has 0 saturated heterocycles. The van der Waals surface area contributed by atoms with E-state index in [-0.39, 0.29) is 29.4 Å². The maximum absolute atomic E-state index is 12.6. The first-order valence-corrected chi connectivity index (χ1v) is 9.75. The standard InChI is InChI=1S/C24H19NO7/c1-15(26)18-11-21-22(31-14-30-21)12-19(18)25-23(27)13-29-24(28)17-9-5-6-10-20(17)32-16-7-3-2-4-8-16/h2-12H,13-14H2,1H3,(H,25,27). The van der Waals surface area contributed by atoms with Gasteiger partial charge in [-0.2, -0.15) is 0 Å². The number of para-hydroxylation sites is 2. The normalized spacial score (nSPS) is 11.5. The summed E-state index contributed by atoms with van der Waals surface area (Å²) in [5, 5.41) is 2.58. The summed E-state index contributed by atoms with van der Waals surface area (Å²) in [5.41, 5.74) is 0.683. The summed E-state index contributed by atoms with van der Waals surface area (Å²) in [7, 11) is 0. The number of carbonyl (C=O) groups is 3. The van der Waals surface area contributed by atoms with Crippen LogP contribution < -0.4 is 19.5 Å². The highest BCUT2D eigenvalue weighted by Crippen LogP contribution is 2.37. The van der Waals surface area contributed by atoms with Gasteiger partial charge in [-0.15, -0.1) is 0 Å². The fourth-order valence-corrected chi connectivity index (χ4v) is 3.07. The monoisotopic (exact) mass is 433 g/mol. The van der Waals surface area contributed by atoms with Gasteiger partial charge in [-0.25, -0.2) is 4.79 Å². The van der Waals surface area contributed by atoms with Crippen molar-refractivity contribution in [1.29, 1.82) is 0 Å². The van der Waals surface area contributed by atoms with E-state index in [9.17, 15) is 14.4 Å². The molecule has 3 aromatic rings. The average molecular weight is 433 g/mol. The van der Waals surface area contributed by atoms with Crippen molar-refractivity contribution in [2.45, 2.75) is 6.92 Å². The molecule has 0 atom stereocenters. The second kappa shape index (κ2) is 9.22. The molecule has 0 spiro atoms. The first kappa shape index (κ1) is 20.9. The third-order valence-electron chi connectivity index (χ3n) is 4.58. The van der Waals surface area contributed by atoms with Crippen LogP contribution in [0, 0.1) is 0 Å². The Balaban J connectivity index is 1.42. The largest absolute Gasteiger partial charge is 0.456 e. The summed E-state index contributed by atoms with van der Waals surface area (Å²) < 4.78 is 21.5. The number of carbonyl (C=O) groups excluding carboxylic acids is 3. The van der Waals surface area contributed by atoms with E-state index in [1.165, 1.54) is 19.1 Å². The van der Waals surface area contributed by atoms with Crippen LogP contribution in [0.3, 0.4) is 0 Å². The number of hydrogen-bond acceptors (Lipinski definition) is 7. The fourth-order valence-electron chi connectivity index (χ4n) is 3.07. The van der Waals surface area contributed by atoms with Gasteiger partial charge in [0, 0.05) is 11.6 Å². The van der Waals surface area contributed by atoms with Crippen LogP contribution in [-0.2, 0) is 9.53 Å². The lowest BCUT2D eigenvalue weighted by Crippen LogP contribution is -2.22. The second-order valence-corrected chi connectivity index (χ2v) is 6.84. The Hall–Kier alpha value is -4.33. The van der Waals surface area contributed by atoms with E-state index >= 15 is 0 Å². The number of amides is 1. The van der Waals surface area contributed by atoms with Gasteiger partial charge < -0.3 is 24.3 Å². The summed E-state index contributed by atoms with van der Waals surface area (Å²) in [5.74, 6) is 0.112. The first-order chi connectivity index (χ1) is 15.5. The number of fused-ring (bicyclic) bond motifs is 1. The summed E-state index contributed by atoms with van der Waals surface area (Å²) in [6.45, 7) is 0.854. The zero-order chi connectivity index (χ0) is 22.5. The van der Waals surface area contributed by atoms with Gasteiger partial charge >= 0.3 is 5.97 Å². The third-order valence-corrected chi connectivity index (χ3v) is 4.58. The molecule has 1 N–H and O–H groups in total. The molecule has 0 saturated carbocycles. The molecule has 0 radical (unpaired) electrons. The predicted octanol–water partition coefficient (Wildman–Crippen LogP) is 4.21. The summed E-state index contributed by atoms with van der Waals surface area (Å²) in [6, 6.07) is 18.6. The summed E-state index contributed by atoms with van der Waals surface area (Å²) in [6.07, 6.45) is 0. The van der Waals surface area contributed by atoms with E-state index in [4.69, 9.17) is 18.9 Å². The number of Topliss-reactive ketones (excluding diaryl/α,β-unsaturated/α-hetero) is 1. The Bertz CT molecular complexity index is 1170. The topological polar surface area (TPSA) is 100 Å². The lowest BCUT2D eigenvalue weighted by atomic mass is 10.1. The molecule has 0 fully saturated rings. The maximum atomic E-state index is 12.6. The Morgan fingerprint density at radius 3 is 2.34 bits per heavy atom. The zero-order valence-corrected chi connectivity index (χ0v) is 17.1. The SMILES string of the molecule is CC(=O)c1cc2c(cc1NC(=O)COC(=O)c1ccccc1Oc1ccccc1)OCO2. The van der Waals surface area contributed by atoms with Crippen molar-refractivity contribution in [3.8, 4) is 23.0 Å². The molecule has 1 heterocycles. The quantitative estimate of drug-likeness (QED) is 0.440. The van der Waals surface area contributed by atoms with Gasteiger partial charge in [0.15, 0.2) is 23.9 Å². The molecule has 1 amide bonds. The van der Waals surface area contributed by atoms with E-state index in [0.29, 0.717) is 23.0 Å². The zero-order valence-electron chi connectivity index (χ0n) is 17.1. The minimum Gasteiger partial charge on any atom is -0.456 e. The van der Waals surface area contributed by atoms with E-state index in [2.05, 4.69) is 5.32 Å². The molecule has 8 heteroatoms. The maximum Gasteiger partial charge on any atom is 0.342 e. The number of esters is 1. The molecule has 0 aliphatic carbocycles. The third kappa shape index (κ3) is 4.70. The van der Waals surface area contributed by atoms with E-state index < -0.39 is 18.5 Å². The fraction of sp³-hybridized carbons (Fsp3) is 0.125. The van der Waals surface area contributed by atoms with Crippen molar-refractivity contribution in [3.63, 3.8) is 0 Å². The Morgan fingerprint density at radius 1 is 0.906 bits per heavy atom. The van der Waals surface area contributed by atoms with Gasteiger partial charge in [0.1, 0.15) is 17.1 Å². The number of anilines is 1. The molecule has 0 unspecified atom stereocenters. The van der Waals surface area contributed by atoms with Crippen molar-refractivity contribution < 1.29 is 33.3 Å². The molecule has 3 aromatic carbocycles. The van der Waals surface area contributed by atoms with E-state index in [0.717, 1.165) is 0 Å². The predicted molar refractivity (Wildman–Crippen MR) is 114 cm³/mol. The molecule has 32 heavy (non-hydrogen) atoms. The summed E-state index contributed by atoms with van der Waals surface area (Å²) in [4.78, 5) is 36.9. The van der Waals surface area contributed by atoms with Crippen molar-refractivity contribution in [2.75, 3.05) is 18.7 Å². The van der Waals surface area contributed by atoms with Crippen molar-refractivity contribution in [2.24, 2.45) is 0 Å². The van der Waals surface area contributed by atoms with Crippen LogP contribution in [0.25, 0.3) is 0 Å². The number of hydrogen-bond donors (Lipinski definition) is 1. The second-order valence-electron chi connectivity index (χ2n) is 6.84. The van der Waals surface area contributed by atoms with Gasteiger partial charge in [-0.05, 0) is 37.3 Å². The lowest BCUT2D eigenvalue weighted by Gasteiger charge is -2.12. The Labute approximate surface area is 183 Å². The number of ether oxygens (including phenoxy) is 4. The minimum atomic E-state index is -0.718. The van der Waals surface area contributed by atoms with Crippen molar-refractivity contribution in [3.05, 3.63) is 77.9 Å². The Kier molecular flexibility index (Phi) is 6.03. The van der Waals surface area contributed by atoms with Gasteiger partial charge in [-0.1, -0.05) is 30.3 Å². The molecule has 0 aromatic heterocycles. The highest BCUT2D eigenvalue weighted by Gasteiger charge is 2.21.